The Hall–Kier alpha value is -3.05. The van der Waals surface area contributed by atoms with Gasteiger partial charge in [0.25, 0.3) is 5.69 Å². The van der Waals surface area contributed by atoms with Crippen LogP contribution in [0.5, 0.6) is 0 Å². The van der Waals surface area contributed by atoms with Gasteiger partial charge in [0.05, 0.1) is 4.92 Å². The summed E-state index contributed by atoms with van der Waals surface area (Å²) in [4.78, 5) is 29.5. The third-order valence-electron chi connectivity index (χ3n) is 7.19. The van der Waals surface area contributed by atoms with Crippen molar-refractivity contribution in [3.8, 4) is 0 Å². The van der Waals surface area contributed by atoms with Crippen molar-refractivity contribution in [2.24, 2.45) is 5.92 Å². The number of carbonyl (C=O) groups excluding carboxylic acids is 1. The summed E-state index contributed by atoms with van der Waals surface area (Å²) in [7, 11) is 0. The Morgan fingerprint density at radius 3 is 2.29 bits per heavy atom. The molecule has 4 rings (SSSR count). The van der Waals surface area contributed by atoms with Gasteiger partial charge in [0.2, 0.25) is 5.91 Å². The number of nitro groups is 1. The van der Waals surface area contributed by atoms with Crippen LogP contribution in [0.25, 0.3) is 0 Å². The van der Waals surface area contributed by atoms with E-state index in [0.29, 0.717) is 37.5 Å². The van der Waals surface area contributed by atoms with Crippen LogP contribution < -0.4 is 10.2 Å². The van der Waals surface area contributed by atoms with E-state index in [1.54, 1.807) is 0 Å². The summed E-state index contributed by atoms with van der Waals surface area (Å²) in [6, 6.07) is 10.6. The van der Waals surface area contributed by atoms with Gasteiger partial charge in [-0.1, -0.05) is 18.5 Å². The predicted molar refractivity (Wildman–Crippen MR) is 141 cm³/mol. The van der Waals surface area contributed by atoms with E-state index in [0.717, 1.165) is 44.0 Å². The van der Waals surface area contributed by atoms with E-state index in [4.69, 9.17) is 11.6 Å². The lowest BCUT2D eigenvalue weighted by Crippen LogP contribution is -2.50. The molecule has 8 nitrogen and oxygen atoms in total. The third kappa shape index (κ3) is 6.87. The topological polar surface area (TPSA) is 82.0 Å². The van der Waals surface area contributed by atoms with Crippen LogP contribution in [-0.4, -0.2) is 72.5 Å². The van der Waals surface area contributed by atoms with Gasteiger partial charge in [-0.25, -0.2) is 0 Å². The number of nitrogens with one attached hydrogen (secondary N) is 1. The average Bonchev–Trinajstić information content (AvgIpc) is 2.89. The first-order valence-electron chi connectivity index (χ1n) is 12.6. The van der Waals surface area contributed by atoms with E-state index in [1.807, 2.05) is 36.1 Å². The number of piperidine rings is 1. The van der Waals surface area contributed by atoms with Gasteiger partial charge in [-0.15, -0.1) is 0 Å². The average molecular weight is 554 g/mol. The van der Waals surface area contributed by atoms with Crippen LogP contribution >= 0.6 is 11.6 Å². The summed E-state index contributed by atoms with van der Waals surface area (Å²) in [5.41, 5.74) is -0.927. The van der Waals surface area contributed by atoms with Crippen LogP contribution in [0.4, 0.5) is 30.2 Å². The van der Waals surface area contributed by atoms with Gasteiger partial charge in [0, 0.05) is 80.2 Å². The standard InChI is InChI=1S/C26H31ClF3N5O3/c1-18(17-32-12-14-33(15-13-32)22-5-2-19(27)3-6-22)25(36)34-10-8-20(9-11-34)31-21-4-7-24(35(37)38)23(16-21)26(28,29)30/h2-7,16,18,20,31H,8-15,17H2,1H3. The normalized spacial score (nSPS) is 18.3. The molecule has 0 saturated carbocycles. The van der Waals surface area contributed by atoms with Crippen LogP contribution in [0.2, 0.25) is 5.02 Å². The zero-order valence-electron chi connectivity index (χ0n) is 21.1. The van der Waals surface area contributed by atoms with Gasteiger partial charge in [0.15, 0.2) is 0 Å². The second-order valence-corrected chi connectivity index (χ2v) is 10.3. The number of likely N-dealkylation sites (tertiary alicyclic amines) is 1. The molecule has 2 saturated heterocycles. The highest BCUT2D eigenvalue weighted by molar-refractivity contribution is 6.30. The van der Waals surface area contributed by atoms with Crippen molar-refractivity contribution in [3.63, 3.8) is 0 Å². The SMILES string of the molecule is CC(CN1CCN(c2ccc(Cl)cc2)CC1)C(=O)N1CCC(Nc2ccc([N+](=O)[O-])c(C(F)(F)F)c2)CC1. The Kier molecular flexibility index (Phi) is 8.67. The van der Waals surface area contributed by atoms with Crippen molar-refractivity contribution in [1.82, 2.24) is 9.80 Å². The molecule has 0 radical (unpaired) electrons. The van der Waals surface area contributed by atoms with Gasteiger partial charge in [-0.2, -0.15) is 13.2 Å². The smallest absolute Gasteiger partial charge is 0.382 e. The Balaban J connectivity index is 1.24. The Labute approximate surface area is 224 Å². The van der Waals surface area contributed by atoms with Crippen LogP contribution in [0.1, 0.15) is 25.3 Å². The van der Waals surface area contributed by atoms with E-state index >= 15 is 0 Å². The quantitative estimate of drug-likeness (QED) is 0.378. The number of halogens is 4. The monoisotopic (exact) mass is 553 g/mol. The molecule has 0 aliphatic carbocycles. The lowest BCUT2D eigenvalue weighted by Gasteiger charge is -2.38. The highest BCUT2D eigenvalue weighted by atomic mass is 35.5. The third-order valence-corrected chi connectivity index (χ3v) is 7.45. The zero-order valence-corrected chi connectivity index (χ0v) is 21.8. The molecule has 1 N–H and O–H groups in total. The van der Waals surface area contributed by atoms with Crippen molar-refractivity contribution >= 4 is 34.6 Å². The minimum absolute atomic E-state index is 0.0817. The fourth-order valence-corrected chi connectivity index (χ4v) is 5.24. The van der Waals surface area contributed by atoms with Crippen molar-refractivity contribution in [2.45, 2.75) is 32.0 Å². The van der Waals surface area contributed by atoms with Crippen molar-refractivity contribution in [3.05, 3.63) is 63.2 Å². The van der Waals surface area contributed by atoms with Crippen LogP contribution in [0.3, 0.4) is 0 Å². The summed E-state index contributed by atoms with van der Waals surface area (Å²) in [6.45, 7) is 7.09. The summed E-state index contributed by atoms with van der Waals surface area (Å²) < 4.78 is 39.8. The molecule has 2 aromatic carbocycles. The summed E-state index contributed by atoms with van der Waals surface area (Å²) in [6.07, 6.45) is -3.67. The molecule has 12 heteroatoms. The Bertz CT molecular complexity index is 1130. The molecule has 2 fully saturated rings. The van der Waals surface area contributed by atoms with Gasteiger partial charge < -0.3 is 15.1 Å². The maximum atomic E-state index is 13.3. The molecular weight excluding hydrogens is 523 g/mol. The van der Waals surface area contributed by atoms with Crippen LogP contribution in [0.15, 0.2) is 42.5 Å². The number of anilines is 2. The van der Waals surface area contributed by atoms with Gasteiger partial charge >= 0.3 is 6.18 Å². The van der Waals surface area contributed by atoms with E-state index < -0.39 is 22.4 Å². The molecule has 1 amide bonds. The number of benzene rings is 2. The second kappa shape index (κ2) is 11.8. The molecule has 1 atom stereocenters. The minimum atomic E-state index is -4.82. The largest absolute Gasteiger partial charge is 0.423 e. The predicted octanol–water partition coefficient (Wildman–Crippen LogP) is 5.13. The van der Waals surface area contributed by atoms with E-state index in [2.05, 4.69) is 15.1 Å². The molecule has 1 unspecified atom stereocenters. The van der Waals surface area contributed by atoms with Crippen molar-refractivity contribution in [1.29, 1.82) is 0 Å². The number of amides is 1. The summed E-state index contributed by atoms with van der Waals surface area (Å²) in [5.74, 6) is -0.0797. The highest BCUT2D eigenvalue weighted by Gasteiger charge is 2.38. The molecule has 2 aromatic rings. The number of hydrogen-bond donors (Lipinski definition) is 1. The Morgan fingerprint density at radius 1 is 1.08 bits per heavy atom. The number of piperazine rings is 1. The van der Waals surface area contributed by atoms with Crippen LogP contribution in [0, 0.1) is 16.0 Å². The molecule has 0 spiro atoms. The fraction of sp³-hybridized carbons (Fsp3) is 0.500. The maximum Gasteiger partial charge on any atom is 0.423 e. The number of nitro benzene ring substituents is 1. The Morgan fingerprint density at radius 2 is 1.71 bits per heavy atom. The molecule has 0 aromatic heterocycles. The van der Waals surface area contributed by atoms with E-state index in [9.17, 15) is 28.1 Å². The first-order chi connectivity index (χ1) is 18.0. The van der Waals surface area contributed by atoms with Gasteiger partial charge in [-0.3, -0.25) is 19.8 Å². The van der Waals surface area contributed by atoms with Gasteiger partial charge in [-0.05, 0) is 49.2 Å². The van der Waals surface area contributed by atoms with E-state index in [-0.39, 0.29) is 23.6 Å². The number of rotatable bonds is 7. The summed E-state index contributed by atoms with van der Waals surface area (Å²) >= 11 is 5.98. The van der Waals surface area contributed by atoms with E-state index in [1.165, 1.54) is 6.07 Å². The summed E-state index contributed by atoms with van der Waals surface area (Å²) in [5, 5.41) is 14.7. The lowest BCUT2D eigenvalue weighted by atomic mass is 10.0. The molecule has 2 aliphatic rings. The molecule has 2 heterocycles. The maximum absolute atomic E-state index is 13.3. The molecule has 0 bridgehead atoms. The lowest BCUT2D eigenvalue weighted by molar-refractivity contribution is -0.388. The van der Waals surface area contributed by atoms with Gasteiger partial charge in [0.1, 0.15) is 5.56 Å². The molecule has 2 aliphatic heterocycles. The number of nitrogens with zero attached hydrogens (tertiary/aromatic N) is 4. The number of alkyl halides is 3. The molecular formula is C26H31ClF3N5O3. The fourth-order valence-electron chi connectivity index (χ4n) is 5.11. The zero-order chi connectivity index (χ0) is 27.4. The van der Waals surface area contributed by atoms with Crippen molar-refractivity contribution < 1.29 is 22.9 Å². The van der Waals surface area contributed by atoms with Crippen LogP contribution in [-0.2, 0) is 11.0 Å². The highest BCUT2D eigenvalue weighted by Crippen LogP contribution is 2.38. The number of carbonyl (C=O) groups is 1. The second-order valence-electron chi connectivity index (χ2n) is 9.90. The molecule has 206 valence electrons. The minimum Gasteiger partial charge on any atom is -0.382 e. The van der Waals surface area contributed by atoms with Crippen molar-refractivity contribution in [2.75, 3.05) is 56.0 Å². The first kappa shape index (κ1) is 28.0. The first-order valence-corrected chi connectivity index (χ1v) is 13.0. The number of hydrogen-bond acceptors (Lipinski definition) is 6. The molecule has 38 heavy (non-hydrogen) atoms.